The van der Waals surface area contributed by atoms with Gasteiger partial charge in [0.15, 0.2) is 0 Å². The smallest absolute Gasteiger partial charge is 0.0431 e. The minimum absolute atomic E-state index is 0.332. The number of aliphatic hydroxyl groups is 1. The molecule has 1 N–H and O–H groups in total. The average molecular weight is 146 g/mol. The lowest BCUT2D eigenvalue weighted by atomic mass is 10.3. The van der Waals surface area contributed by atoms with Crippen molar-refractivity contribution >= 4 is 11.8 Å². The van der Waals surface area contributed by atoms with Crippen molar-refractivity contribution in [2.45, 2.75) is 19.3 Å². The molecular weight excluding hydrogens is 132 g/mol. The van der Waals surface area contributed by atoms with Gasteiger partial charge in [-0.15, -0.1) is 11.8 Å². The van der Waals surface area contributed by atoms with E-state index < -0.39 is 0 Å². The van der Waals surface area contributed by atoms with Crippen molar-refractivity contribution < 1.29 is 5.11 Å². The first-order chi connectivity index (χ1) is 4.41. The van der Waals surface area contributed by atoms with Crippen LogP contribution in [0.2, 0.25) is 0 Å². The molecule has 1 nitrogen and oxygen atoms in total. The maximum absolute atomic E-state index is 8.40. The van der Waals surface area contributed by atoms with Crippen molar-refractivity contribution in [1.29, 1.82) is 0 Å². The number of aliphatic hydroxyl groups excluding tert-OH is 1. The summed E-state index contributed by atoms with van der Waals surface area (Å²) in [5.74, 6) is 1.14. The van der Waals surface area contributed by atoms with Crippen LogP contribution >= 0.6 is 11.8 Å². The molecule has 0 rings (SSSR count). The summed E-state index contributed by atoms with van der Waals surface area (Å²) in [4.78, 5) is 0. The van der Waals surface area contributed by atoms with Crippen molar-refractivity contribution in [2.75, 3.05) is 12.4 Å². The Labute approximate surface area is 61.2 Å². The highest BCUT2D eigenvalue weighted by molar-refractivity contribution is 8.02. The van der Waals surface area contributed by atoms with Crippen molar-refractivity contribution in [1.82, 2.24) is 0 Å². The standard InChI is InChI=1S/C7H14OS/c1-2-9-7-5-3-4-6-8/h2,8H,1,3-7H2. The molecule has 0 aliphatic carbocycles. The largest absolute Gasteiger partial charge is 0.396 e. The number of unbranched alkanes of at least 4 members (excludes halogenated alkanes) is 2. The van der Waals surface area contributed by atoms with E-state index in [9.17, 15) is 0 Å². The van der Waals surface area contributed by atoms with Crippen LogP contribution in [-0.2, 0) is 0 Å². The predicted molar refractivity (Wildman–Crippen MR) is 43.6 cm³/mol. The molecule has 0 spiro atoms. The highest BCUT2D eigenvalue weighted by Gasteiger charge is 1.85. The third-order valence-electron chi connectivity index (χ3n) is 1.04. The summed E-state index contributed by atoms with van der Waals surface area (Å²) in [5, 5.41) is 10.3. The number of thioether (sulfide) groups is 1. The summed E-state index contributed by atoms with van der Waals surface area (Å²) < 4.78 is 0. The Morgan fingerprint density at radius 3 is 2.67 bits per heavy atom. The summed E-state index contributed by atoms with van der Waals surface area (Å²) in [6, 6.07) is 0. The first-order valence-electron chi connectivity index (χ1n) is 3.25. The maximum Gasteiger partial charge on any atom is 0.0431 e. The molecule has 0 aromatic rings. The average Bonchev–Trinajstić information content (AvgIpc) is 1.89. The highest BCUT2D eigenvalue weighted by Crippen LogP contribution is 2.05. The minimum Gasteiger partial charge on any atom is -0.396 e. The Bertz CT molecular complexity index is 63.9. The van der Waals surface area contributed by atoms with Crippen LogP contribution in [0.15, 0.2) is 12.0 Å². The molecular formula is C7H14OS. The zero-order chi connectivity index (χ0) is 6.95. The number of rotatable bonds is 6. The van der Waals surface area contributed by atoms with Crippen molar-refractivity contribution in [3.63, 3.8) is 0 Å². The summed E-state index contributed by atoms with van der Waals surface area (Å²) in [5.41, 5.74) is 0. The normalized spacial score (nSPS) is 9.44. The van der Waals surface area contributed by atoms with Gasteiger partial charge in [-0.25, -0.2) is 0 Å². The summed E-state index contributed by atoms with van der Waals surface area (Å²) in [6.45, 7) is 3.92. The predicted octanol–water partition coefficient (Wildman–Crippen LogP) is 2.03. The van der Waals surface area contributed by atoms with Gasteiger partial charge in [0.2, 0.25) is 0 Å². The quantitative estimate of drug-likeness (QED) is 0.578. The first kappa shape index (κ1) is 9.05. The second kappa shape index (κ2) is 8.05. The SMILES string of the molecule is C=CSCCCCCO. The molecule has 0 heterocycles. The van der Waals surface area contributed by atoms with Crippen LogP contribution in [0.3, 0.4) is 0 Å². The van der Waals surface area contributed by atoms with Crippen LogP contribution in [-0.4, -0.2) is 17.5 Å². The molecule has 0 saturated carbocycles. The maximum atomic E-state index is 8.40. The fourth-order valence-electron chi connectivity index (χ4n) is 0.557. The summed E-state index contributed by atoms with van der Waals surface area (Å²) >= 11 is 1.74. The number of hydrogen-bond acceptors (Lipinski definition) is 2. The van der Waals surface area contributed by atoms with Crippen molar-refractivity contribution in [3.05, 3.63) is 12.0 Å². The van der Waals surface area contributed by atoms with E-state index in [1.807, 2.05) is 5.41 Å². The Morgan fingerprint density at radius 1 is 1.33 bits per heavy atom. The van der Waals surface area contributed by atoms with E-state index in [4.69, 9.17) is 5.11 Å². The zero-order valence-corrected chi connectivity index (χ0v) is 6.49. The van der Waals surface area contributed by atoms with Gasteiger partial charge in [-0.1, -0.05) is 13.0 Å². The van der Waals surface area contributed by atoms with Gasteiger partial charge in [0, 0.05) is 6.61 Å². The van der Waals surface area contributed by atoms with Gasteiger partial charge in [-0.3, -0.25) is 0 Å². The second-order valence-electron chi connectivity index (χ2n) is 1.82. The lowest BCUT2D eigenvalue weighted by molar-refractivity contribution is 0.284. The molecule has 9 heavy (non-hydrogen) atoms. The summed E-state index contributed by atoms with van der Waals surface area (Å²) in [6.07, 6.45) is 3.27. The molecule has 0 saturated heterocycles. The van der Waals surface area contributed by atoms with Crippen LogP contribution < -0.4 is 0 Å². The molecule has 0 amide bonds. The third-order valence-corrected chi connectivity index (χ3v) is 1.80. The Balaban J connectivity index is 2.66. The lowest BCUT2D eigenvalue weighted by Gasteiger charge is -1.94. The number of hydrogen-bond donors (Lipinski definition) is 1. The van der Waals surface area contributed by atoms with Crippen LogP contribution in [0, 0.1) is 0 Å². The summed E-state index contributed by atoms with van der Waals surface area (Å²) in [7, 11) is 0. The van der Waals surface area contributed by atoms with E-state index in [0.29, 0.717) is 6.61 Å². The monoisotopic (exact) mass is 146 g/mol. The van der Waals surface area contributed by atoms with Gasteiger partial charge in [-0.2, -0.15) is 0 Å². The van der Waals surface area contributed by atoms with Crippen molar-refractivity contribution in [3.8, 4) is 0 Å². The second-order valence-corrected chi connectivity index (χ2v) is 2.90. The third kappa shape index (κ3) is 8.05. The molecule has 54 valence electrons. The molecule has 0 aromatic heterocycles. The Hall–Kier alpha value is 0.0500. The van der Waals surface area contributed by atoms with E-state index in [2.05, 4.69) is 6.58 Å². The molecule has 0 aromatic carbocycles. The minimum atomic E-state index is 0.332. The van der Waals surface area contributed by atoms with Gasteiger partial charge in [0.1, 0.15) is 0 Å². The fraction of sp³-hybridized carbons (Fsp3) is 0.714. The van der Waals surface area contributed by atoms with E-state index in [0.717, 1.165) is 18.6 Å². The fourth-order valence-corrected chi connectivity index (χ4v) is 1.09. The van der Waals surface area contributed by atoms with Gasteiger partial charge in [0.05, 0.1) is 0 Å². The molecule has 0 radical (unpaired) electrons. The van der Waals surface area contributed by atoms with Gasteiger partial charge in [0.25, 0.3) is 0 Å². The van der Waals surface area contributed by atoms with Crippen LogP contribution in [0.5, 0.6) is 0 Å². The molecule has 0 aliphatic rings. The van der Waals surface area contributed by atoms with Gasteiger partial charge < -0.3 is 5.11 Å². The van der Waals surface area contributed by atoms with E-state index >= 15 is 0 Å². The molecule has 0 aliphatic heterocycles. The van der Waals surface area contributed by atoms with E-state index in [-0.39, 0.29) is 0 Å². The zero-order valence-electron chi connectivity index (χ0n) is 5.68. The topological polar surface area (TPSA) is 20.2 Å². The van der Waals surface area contributed by atoms with Gasteiger partial charge in [-0.05, 0) is 24.0 Å². The molecule has 0 fully saturated rings. The lowest BCUT2D eigenvalue weighted by Crippen LogP contribution is -1.83. The Kier molecular flexibility index (Phi) is 8.09. The van der Waals surface area contributed by atoms with E-state index in [1.54, 1.807) is 11.8 Å². The van der Waals surface area contributed by atoms with Crippen LogP contribution in [0.25, 0.3) is 0 Å². The van der Waals surface area contributed by atoms with E-state index in [1.165, 1.54) is 6.42 Å². The van der Waals surface area contributed by atoms with Crippen LogP contribution in [0.1, 0.15) is 19.3 Å². The molecule has 0 unspecified atom stereocenters. The van der Waals surface area contributed by atoms with Crippen LogP contribution in [0.4, 0.5) is 0 Å². The van der Waals surface area contributed by atoms with Gasteiger partial charge >= 0.3 is 0 Å². The van der Waals surface area contributed by atoms with Crippen molar-refractivity contribution in [2.24, 2.45) is 0 Å². The highest BCUT2D eigenvalue weighted by atomic mass is 32.2. The Morgan fingerprint density at radius 2 is 2.11 bits per heavy atom. The molecule has 2 heteroatoms. The first-order valence-corrected chi connectivity index (χ1v) is 4.30. The molecule has 0 atom stereocenters. The molecule has 0 bridgehead atoms.